The molecule has 1 aromatic carbocycles. The van der Waals surface area contributed by atoms with Crippen molar-refractivity contribution in [2.75, 3.05) is 25.1 Å². The van der Waals surface area contributed by atoms with Crippen molar-refractivity contribution >= 4 is 28.8 Å². The summed E-state index contributed by atoms with van der Waals surface area (Å²) in [5.41, 5.74) is 1.88. The van der Waals surface area contributed by atoms with Gasteiger partial charge in [-0.3, -0.25) is 14.5 Å². The van der Waals surface area contributed by atoms with E-state index in [2.05, 4.69) is 15.0 Å². The standard InChI is InChI=1S/C28H35N5O4S/c1-20(34)32-14-12-22-7-5-8-23(33(22)19-27-29-13-15-38-27)18-31(17-21-6-3-4-9-25(21)32)28(35)11-10-24-16-26(36-2)30-37-24/h3-4,6,9,13,15-16,22-23H,5,7-8,10-12,14,17-19H2,1-2H3. The monoisotopic (exact) mass is 537 g/mol. The first kappa shape index (κ1) is 26.4. The number of fused-ring (bicyclic) bond motifs is 3. The van der Waals surface area contributed by atoms with E-state index in [4.69, 9.17) is 9.26 Å². The number of aromatic nitrogens is 2. The molecule has 10 heteroatoms. The molecule has 2 aliphatic heterocycles. The molecule has 2 unspecified atom stereocenters. The van der Waals surface area contributed by atoms with Gasteiger partial charge in [0.05, 0.1) is 13.7 Å². The first-order valence-electron chi connectivity index (χ1n) is 13.3. The maximum absolute atomic E-state index is 13.7. The highest BCUT2D eigenvalue weighted by molar-refractivity contribution is 7.09. The van der Waals surface area contributed by atoms with Crippen molar-refractivity contribution in [2.45, 2.75) is 70.6 Å². The Morgan fingerprint density at radius 1 is 1.18 bits per heavy atom. The molecule has 0 aliphatic carbocycles. The molecular formula is C28H35N5O4S. The van der Waals surface area contributed by atoms with Gasteiger partial charge in [-0.05, 0) is 36.0 Å². The molecule has 2 amide bonds. The van der Waals surface area contributed by atoms with Crippen LogP contribution in [-0.2, 0) is 29.1 Å². The van der Waals surface area contributed by atoms with Crippen LogP contribution in [0.15, 0.2) is 46.4 Å². The van der Waals surface area contributed by atoms with E-state index < -0.39 is 0 Å². The minimum absolute atomic E-state index is 0.0210. The SMILES string of the molecule is COc1cc(CCC(=O)N2Cc3ccccc3N(C(C)=O)CCC3CCCC(C2)N3Cc2nccs2)on1. The number of hydrogen-bond acceptors (Lipinski definition) is 8. The van der Waals surface area contributed by atoms with Crippen LogP contribution in [0.25, 0.3) is 0 Å². The van der Waals surface area contributed by atoms with Crippen molar-refractivity contribution in [3.63, 3.8) is 0 Å². The first-order valence-corrected chi connectivity index (χ1v) is 14.2. The summed E-state index contributed by atoms with van der Waals surface area (Å²) in [6.45, 7) is 4.13. The van der Waals surface area contributed by atoms with Crippen LogP contribution in [0.4, 0.5) is 5.69 Å². The minimum atomic E-state index is 0.0210. The van der Waals surface area contributed by atoms with E-state index >= 15 is 0 Å². The second-order valence-electron chi connectivity index (χ2n) is 10.0. The number of rotatable bonds is 6. The highest BCUT2D eigenvalue weighted by atomic mass is 32.1. The number of carbonyl (C=O) groups excluding carboxylic acids is 2. The number of carbonyl (C=O) groups is 2. The van der Waals surface area contributed by atoms with Gasteiger partial charge in [0, 0.05) is 74.8 Å². The third-order valence-electron chi connectivity index (χ3n) is 7.64. The Labute approximate surface area is 227 Å². The molecule has 0 spiro atoms. The second kappa shape index (κ2) is 12.1. The normalized spacial score (nSPS) is 20.5. The number of methoxy groups -OCH3 is 1. The van der Waals surface area contributed by atoms with Gasteiger partial charge in [-0.15, -0.1) is 11.3 Å². The number of aryl methyl sites for hydroxylation is 1. The Morgan fingerprint density at radius 3 is 2.79 bits per heavy atom. The Balaban J connectivity index is 1.45. The lowest BCUT2D eigenvalue weighted by Gasteiger charge is -2.43. The van der Waals surface area contributed by atoms with Gasteiger partial charge in [-0.1, -0.05) is 24.6 Å². The summed E-state index contributed by atoms with van der Waals surface area (Å²) < 4.78 is 10.4. The Bertz CT molecular complexity index is 1230. The van der Waals surface area contributed by atoms with E-state index in [0.717, 1.165) is 48.5 Å². The van der Waals surface area contributed by atoms with Crippen LogP contribution in [0.5, 0.6) is 5.88 Å². The average Bonchev–Trinajstić information content (AvgIpc) is 3.60. The van der Waals surface area contributed by atoms with Crippen molar-refractivity contribution < 1.29 is 18.8 Å². The van der Waals surface area contributed by atoms with Crippen LogP contribution < -0.4 is 9.64 Å². The topological polar surface area (TPSA) is 92.0 Å². The van der Waals surface area contributed by atoms with Gasteiger partial charge >= 0.3 is 0 Å². The fourth-order valence-corrected chi connectivity index (χ4v) is 6.34. The molecule has 3 aromatic rings. The molecular weight excluding hydrogens is 502 g/mol. The molecule has 5 rings (SSSR count). The predicted molar refractivity (Wildman–Crippen MR) is 145 cm³/mol. The molecule has 2 aliphatic rings. The Morgan fingerprint density at radius 2 is 2.03 bits per heavy atom. The summed E-state index contributed by atoms with van der Waals surface area (Å²) in [7, 11) is 1.54. The summed E-state index contributed by atoms with van der Waals surface area (Å²) in [5, 5.41) is 6.95. The van der Waals surface area contributed by atoms with Crippen LogP contribution in [-0.4, -0.2) is 64.0 Å². The fourth-order valence-electron chi connectivity index (χ4n) is 5.72. The second-order valence-corrected chi connectivity index (χ2v) is 11.0. The summed E-state index contributed by atoms with van der Waals surface area (Å²) >= 11 is 1.67. The lowest BCUT2D eigenvalue weighted by atomic mass is 9.92. The quantitative estimate of drug-likeness (QED) is 0.463. The van der Waals surface area contributed by atoms with Crippen LogP contribution in [0.2, 0.25) is 0 Å². The summed E-state index contributed by atoms with van der Waals surface area (Å²) in [6.07, 6.45) is 6.71. The molecule has 1 fully saturated rings. The molecule has 2 bridgehead atoms. The summed E-state index contributed by atoms with van der Waals surface area (Å²) in [5.74, 6) is 1.11. The van der Waals surface area contributed by atoms with Gasteiger partial charge in [0.25, 0.3) is 5.88 Å². The number of ether oxygens (including phenoxy) is 1. The Hall–Kier alpha value is -3.24. The molecule has 2 atom stereocenters. The number of anilines is 1. The van der Waals surface area contributed by atoms with Crippen LogP contribution >= 0.6 is 11.3 Å². The van der Waals surface area contributed by atoms with Gasteiger partial charge in [0.2, 0.25) is 11.8 Å². The minimum Gasteiger partial charge on any atom is -0.479 e. The first-order chi connectivity index (χ1) is 18.5. The van der Waals surface area contributed by atoms with Gasteiger partial charge in [0.15, 0.2) is 0 Å². The third-order valence-corrected chi connectivity index (χ3v) is 8.40. The third kappa shape index (κ3) is 6.07. The number of piperidine rings is 1. The number of amides is 2. The zero-order chi connectivity index (χ0) is 26.5. The summed E-state index contributed by atoms with van der Waals surface area (Å²) in [4.78, 5) is 37.5. The molecule has 202 valence electrons. The maximum Gasteiger partial charge on any atom is 0.254 e. The number of nitrogens with zero attached hydrogens (tertiary/aromatic N) is 5. The molecule has 4 heterocycles. The van der Waals surface area contributed by atoms with E-state index in [1.54, 1.807) is 24.3 Å². The van der Waals surface area contributed by atoms with Crippen molar-refractivity contribution in [1.29, 1.82) is 0 Å². The number of hydrogen-bond donors (Lipinski definition) is 0. The fraction of sp³-hybridized carbons (Fsp3) is 0.500. The van der Waals surface area contributed by atoms with Crippen molar-refractivity contribution in [3.05, 3.63) is 58.2 Å². The van der Waals surface area contributed by atoms with E-state index in [1.807, 2.05) is 45.6 Å². The van der Waals surface area contributed by atoms with Gasteiger partial charge in [0.1, 0.15) is 10.8 Å². The zero-order valence-electron chi connectivity index (χ0n) is 22.0. The van der Waals surface area contributed by atoms with Crippen LogP contribution in [0.1, 0.15) is 55.4 Å². The van der Waals surface area contributed by atoms with E-state index in [-0.39, 0.29) is 17.9 Å². The Kier molecular flexibility index (Phi) is 8.38. The predicted octanol–water partition coefficient (Wildman–Crippen LogP) is 4.28. The summed E-state index contributed by atoms with van der Waals surface area (Å²) in [6, 6.07) is 10.2. The van der Waals surface area contributed by atoms with Gasteiger partial charge in [-0.2, -0.15) is 0 Å². The molecule has 0 radical (unpaired) electrons. The van der Waals surface area contributed by atoms with Crippen LogP contribution in [0.3, 0.4) is 0 Å². The van der Waals surface area contributed by atoms with E-state index in [1.165, 1.54) is 7.11 Å². The van der Waals surface area contributed by atoms with Gasteiger partial charge < -0.3 is 19.1 Å². The smallest absolute Gasteiger partial charge is 0.254 e. The molecule has 0 N–H and O–H groups in total. The lowest BCUT2D eigenvalue weighted by Crippen LogP contribution is -2.52. The van der Waals surface area contributed by atoms with Gasteiger partial charge in [-0.25, -0.2) is 4.98 Å². The average molecular weight is 538 g/mol. The van der Waals surface area contributed by atoms with Crippen LogP contribution in [0, 0.1) is 0 Å². The zero-order valence-corrected chi connectivity index (χ0v) is 22.9. The van der Waals surface area contributed by atoms with Crippen molar-refractivity contribution in [1.82, 2.24) is 19.9 Å². The number of thiazole rings is 1. The lowest BCUT2D eigenvalue weighted by molar-refractivity contribution is -0.133. The number of para-hydroxylation sites is 1. The highest BCUT2D eigenvalue weighted by Gasteiger charge is 2.35. The maximum atomic E-state index is 13.7. The molecule has 38 heavy (non-hydrogen) atoms. The molecule has 0 saturated carbocycles. The van der Waals surface area contributed by atoms with E-state index in [0.29, 0.717) is 50.2 Å². The van der Waals surface area contributed by atoms with Crippen molar-refractivity contribution in [2.24, 2.45) is 0 Å². The highest BCUT2D eigenvalue weighted by Crippen LogP contribution is 2.32. The van der Waals surface area contributed by atoms with Crippen molar-refractivity contribution in [3.8, 4) is 5.88 Å². The molecule has 1 saturated heterocycles. The molecule has 9 nitrogen and oxygen atoms in total. The largest absolute Gasteiger partial charge is 0.479 e. The molecule has 2 aromatic heterocycles. The number of benzene rings is 1. The van der Waals surface area contributed by atoms with E-state index in [9.17, 15) is 9.59 Å².